The van der Waals surface area contributed by atoms with E-state index >= 15 is 0 Å². The lowest BCUT2D eigenvalue weighted by Gasteiger charge is -2.46. The second-order valence-corrected chi connectivity index (χ2v) is 8.22. The first-order valence-corrected chi connectivity index (χ1v) is 9.93. The molecule has 2 aromatic rings. The zero-order valence-electron chi connectivity index (χ0n) is 16.0. The molecule has 2 fully saturated rings. The zero-order valence-corrected chi connectivity index (χ0v) is 16.8. The Morgan fingerprint density at radius 1 is 1.29 bits per heavy atom. The summed E-state index contributed by atoms with van der Waals surface area (Å²) in [6.45, 7) is 6.43. The first-order chi connectivity index (χ1) is 13.4. The summed E-state index contributed by atoms with van der Waals surface area (Å²) in [6.07, 6.45) is 3.80. The molecule has 2 atom stereocenters. The molecular weight excluding hydrogens is 378 g/mol. The van der Waals surface area contributed by atoms with E-state index in [9.17, 15) is 9.59 Å². The Balaban J connectivity index is 1.43. The van der Waals surface area contributed by atoms with Crippen molar-refractivity contribution in [1.82, 2.24) is 24.9 Å². The van der Waals surface area contributed by atoms with Crippen LogP contribution in [0.1, 0.15) is 19.4 Å². The van der Waals surface area contributed by atoms with Gasteiger partial charge in [-0.05, 0) is 24.1 Å². The van der Waals surface area contributed by atoms with Gasteiger partial charge in [0.2, 0.25) is 11.8 Å². The standard InChI is InChI=1S/C20H24ClN5O2/c1-13(2)18-20(28)25-7-6-24(12-17(25)19(27)23-18)10-14-9-22-26(11-14)16-5-3-4-15(21)8-16/h3-5,8-9,11,13,17-18H,6-7,10,12H2,1-2H3,(H,23,27)/t17-,18-/m1/s1. The monoisotopic (exact) mass is 401 g/mol. The number of rotatable bonds is 4. The van der Waals surface area contributed by atoms with Crippen molar-refractivity contribution >= 4 is 23.4 Å². The number of benzene rings is 1. The van der Waals surface area contributed by atoms with Gasteiger partial charge in [-0.15, -0.1) is 0 Å². The lowest BCUT2D eigenvalue weighted by Crippen LogP contribution is -2.70. The SMILES string of the molecule is CC(C)[C@H]1NC(=O)[C@H]2CN(Cc3cnn(-c4cccc(Cl)c4)c3)CCN2C1=O. The van der Waals surface area contributed by atoms with E-state index in [0.717, 1.165) is 17.8 Å². The smallest absolute Gasteiger partial charge is 0.246 e. The van der Waals surface area contributed by atoms with E-state index < -0.39 is 12.1 Å². The molecule has 2 saturated heterocycles. The van der Waals surface area contributed by atoms with Crippen LogP contribution in [-0.2, 0) is 16.1 Å². The highest BCUT2D eigenvalue weighted by Crippen LogP contribution is 2.21. The van der Waals surface area contributed by atoms with Crippen LogP contribution in [0.5, 0.6) is 0 Å². The average Bonchev–Trinajstić information content (AvgIpc) is 3.13. The lowest BCUT2D eigenvalue weighted by molar-refractivity contribution is -0.154. The minimum atomic E-state index is -0.417. The number of nitrogens with zero attached hydrogens (tertiary/aromatic N) is 4. The number of nitrogens with one attached hydrogen (secondary N) is 1. The van der Waals surface area contributed by atoms with Gasteiger partial charge in [0.15, 0.2) is 0 Å². The average molecular weight is 402 g/mol. The number of piperazine rings is 2. The van der Waals surface area contributed by atoms with Crippen molar-refractivity contribution in [1.29, 1.82) is 0 Å². The molecule has 2 amide bonds. The van der Waals surface area contributed by atoms with Crippen LogP contribution >= 0.6 is 11.6 Å². The maximum Gasteiger partial charge on any atom is 0.246 e. The molecule has 28 heavy (non-hydrogen) atoms. The van der Waals surface area contributed by atoms with Crippen molar-refractivity contribution in [3.63, 3.8) is 0 Å². The Morgan fingerprint density at radius 2 is 2.11 bits per heavy atom. The Hall–Kier alpha value is -2.38. The third kappa shape index (κ3) is 3.64. The predicted molar refractivity (Wildman–Crippen MR) is 106 cm³/mol. The summed E-state index contributed by atoms with van der Waals surface area (Å²) < 4.78 is 1.79. The fourth-order valence-corrected chi connectivity index (χ4v) is 4.06. The molecule has 148 valence electrons. The van der Waals surface area contributed by atoms with E-state index in [-0.39, 0.29) is 17.7 Å². The topological polar surface area (TPSA) is 70.5 Å². The van der Waals surface area contributed by atoms with Gasteiger partial charge in [-0.25, -0.2) is 4.68 Å². The molecule has 8 heteroatoms. The summed E-state index contributed by atoms with van der Waals surface area (Å²) in [5.74, 6) is 0.0680. The highest BCUT2D eigenvalue weighted by molar-refractivity contribution is 6.30. The number of hydrogen-bond acceptors (Lipinski definition) is 4. The van der Waals surface area contributed by atoms with Gasteiger partial charge in [-0.1, -0.05) is 31.5 Å². The highest BCUT2D eigenvalue weighted by atomic mass is 35.5. The molecule has 1 aromatic heterocycles. The van der Waals surface area contributed by atoms with E-state index in [1.165, 1.54) is 0 Å². The maximum absolute atomic E-state index is 12.7. The van der Waals surface area contributed by atoms with E-state index in [1.54, 1.807) is 9.58 Å². The summed E-state index contributed by atoms with van der Waals surface area (Å²) >= 11 is 6.06. The normalized spacial score (nSPS) is 23.1. The molecule has 2 aliphatic rings. The molecule has 3 heterocycles. The van der Waals surface area contributed by atoms with Crippen LogP contribution in [0.4, 0.5) is 0 Å². The molecule has 0 spiro atoms. The Kier molecular flexibility index (Phi) is 5.12. The molecule has 4 rings (SSSR count). The number of amides is 2. The molecule has 2 aliphatic heterocycles. The maximum atomic E-state index is 12.7. The quantitative estimate of drug-likeness (QED) is 0.846. The van der Waals surface area contributed by atoms with Crippen molar-refractivity contribution in [2.24, 2.45) is 5.92 Å². The minimum Gasteiger partial charge on any atom is -0.342 e. The van der Waals surface area contributed by atoms with E-state index in [4.69, 9.17) is 11.6 Å². The van der Waals surface area contributed by atoms with Crippen LogP contribution in [0.25, 0.3) is 5.69 Å². The van der Waals surface area contributed by atoms with Gasteiger partial charge in [-0.3, -0.25) is 14.5 Å². The zero-order chi connectivity index (χ0) is 19.8. The second-order valence-electron chi connectivity index (χ2n) is 7.79. The van der Waals surface area contributed by atoms with Crippen LogP contribution in [0, 0.1) is 5.92 Å². The van der Waals surface area contributed by atoms with Crippen molar-refractivity contribution in [2.75, 3.05) is 19.6 Å². The first kappa shape index (κ1) is 19.0. The van der Waals surface area contributed by atoms with Crippen molar-refractivity contribution < 1.29 is 9.59 Å². The van der Waals surface area contributed by atoms with E-state index in [0.29, 0.717) is 24.7 Å². The number of hydrogen-bond donors (Lipinski definition) is 1. The van der Waals surface area contributed by atoms with Gasteiger partial charge >= 0.3 is 0 Å². The number of carbonyl (C=O) groups excluding carboxylic acids is 2. The molecule has 0 saturated carbocycles. The molecule has 0 radical (unpaired) electrons. The first-order valence-electron chi connectivity index (χ1n) is 9.55. The summed E-state index contributed by atoms with van der Waals surface area (Å²) in [6, 6.07) is 6.70. The second kappa shape index (κ2) is 7.56. The fraction of sp³-hybridized carbons (Fsp3) is 0.450. The van der Waals surface area contributed by atoms with Crippen LogP contribution in [0.2, 0.25) is 5.02 Å². The molecule has 1 N–H and O–H groups in total. The van der Waals surface area contributed by atoms with Gasteiger partial charge in [0.25, 0.3) is 0 Å². The molecule has 1 aromatic carbocycles. The molecule has 0 unspecified atom stereocenters. The molecule has 0 aliphatic carbocycles. The van der Waals surface area contributed by atoms with Crippen LogP contribution in [0.15, 0.2) is 36.7 Å². The fourth-order valence-electron chi connectivity index (χ4n) is 3.87. The van der Waals surface area contributed by atoms with Crippen LogP contribution in [-0.4, -0.2) is 63.1 Å². The molecular formula is C20H24ClN5O2. The number of halogens is 1. The number of aromatic nitrogens is 2. The molecule has 7 nitrogen and oxygen atoms in total. The third-order valence-electron chi connectivity index (χ3n) is 5.40. The van der Waals surface area contributed by atoms with Crippen LogP contribution in [0.3, 0.4) is 0 Å². The summed E-state index contributed by atoms with van der Waals surface area (Å²) in [5.41, 5.74) is 1.96. The summed E-state index contributed by atoms with van der Waals surface area (Å²) in [7, 11) is 0. The van der Waals surface area contributed by atoms with Crippen molar-refractivity contribution in [3.05, 3.63) is 47.2 Å². The predicted octanol–water partition coefficient (Wildman–Crippen LogP) is 1.69. The number of fused-ring (bicyclic) bond motifs is 1. The molecule has 0 bridgehead atoms. The van der Waals surface area contributed by atoms with Gasteiger partial charge in [0.05, 0.1) is 11.9 Å². The summed E-state index contributed by atoms with van der Waals surface area (Å²) in [4.78, 5) is 29.2. The lowest BCUT2D eigenvalue weighted by atomic mass is 9.96. The van der Waals surface area contributed by atoms with Gasteiger partial charge in [-0.2, -0.15) is 5.10 Å². The largest absolute Gasteiger partial charge is 0.342 e. The number of carbonyl (C=O) groups is 2. The van der Waals surface area contributed by atoms with Gasteiger partial charge in [0, 0.05) is 43.0 Å². The Labute approximate surface area is 169 Å². The Bertz CT molecular complexity index is 896. The van der Waals surface area contributed by atoms with Gasteiger partial charge in [0.1, 0.15) is 12.1 Å². The van der Waals surface area contributed by atoms with E-state index in [1.807, 2.05) is 50.5 Å². The van der Waals surface area contributed by atoms with Crippen molar-refractivity contribution in [3.8, 4) is 5.69 Å². The summed E-state index contributed by atoms with van der Waals surface area (Å²) in [5, 5.41) is 7.98. The van der Waals surface area contributed by atoms with E-state index in [2.05, 4.69) is 15.3 Å². The van der Waals surface area contributed by atoms with Crippen LogP contribution < -0.4 is 5.32 Å². The minimum absolute atomic E-state index is 0.0352. The highest BCUT2D eigenvalue weighted by Gasteiger charge is 2.44. The third-order valence-corrected chi connectivity index (χ3v) is 5.63. The Morgan fingerprint density at radius 3 is 2.86 bits per heavy atom. The van der Waals surface area contributed by atoms with Crippen molar-refractivity contribution in [2.45, 2.75) is 32.5 Å². The van der Waals surface area contributed by atoms with Gasteiger partial charge < -0.3 is 10.2 Å².